The molecule has 2 aromatic carbocycles. The third-order valence-electron chi connectivity index (χ3n) is 5.43. The quantitative estimate of drug-likeness (QED) is 0.381. The van der Waals surface area contributed by atoms with Crippen LogP contribution in [0.1, 0.15) is 34.2 Å². The summed E-state index contributed by atoms with van der Waals surface area (Å²) in [6, 6.07) is 14.7. The van der Waals surface area contributed by atoms with Crippen molar-refractivity contribution in [3.63, 3.8) is 0 Å². The fourth-order valence-electron chi connectivity index (χ4n) is 3.62. The van der Waals surface area contributed by atoms with E-state index in [1.165, 1.54) is 11.3 Å². The van der Waals surface area contributed by atoms with E-state index < -0.39 is 0 Å². The first kappa shape index (κ1) is 20.2. The van der Waals surface area contributed by atoms with E-state index in [1.54, 1.807) is 29.5 Å². The minimum atomic E-state index is -0.351. The van der Waals surface area contributed by atoms with Crippen LogP contribution >= 0.6 is 11.3 Å². The Morgan fingerprint density at radius 3 is 2.62 bits per heavy atom. The van der Waals surface area contributed by atoms with Crippen molar-refractivity contribution in [3.05, 3.63) is 85.9 Å². The van der Waals surface area contributed by atoms with Crippen LogP contribution in [0.2, 0.25) is 0 Å². The summed E-state index contributed by atoms with van der Waals surface area (Å²) in [5.41, 5.74) is 5.15. The van der Waals surface area contributed by atoms with E-state index in [0.717, 1.165) is 27.7 Å². The highest BCUT2D eigenvalue weighted by Gasteiger charge is 2.13. The summed E-state index contributed by atoms with van der Waals surface area (Å²) < 4.78 is 13.2. The van der Waals surface area contributed by atoms with E-state index in [9.17, 15) is 9.59 Å². The number of furan rings is 1. The van der Waals surface area contributed by atoms with Gasteiger partial charge in [-0.25, -0.2) is 14.2 Å². The zero-order valence-electron chi connectivity index (χ0n) is 17.8. The molecule has 0 aliphatic heterocycles. The van der Waals surface area contributed by atoms with Crippen LogP contribution < -0.4 is 10.1 Å². The zero-order chi connectivity index (χ0) is 22.4. The first-order valence-corrected chi connectivity index (χ1v) is 11.1. The maximum absolute atomic E-state index is 13.1. The summed E-state index contributed by atoms with van der Waals surface area (Å²) in [5, 5.41) is 0. The topological polar surface area (TPSA) is 73.8 Å². The van der Waals surface area contributed by atoms with Gasteiger partial charge in [-0.3, -0.25) is 4.79 Å². The molecule has 0 amide bonds. The number of fused-ring (bicyclic) bond motifs is 3. The van der Waals surface area contributed by atoms with Crippen LogP contribution in [0.25, 0.3) is 33.4 Å². The van der Waals surface area contributed by atoms with E-state index in [1.807, 2.05) is 50.2 Å². The Kier molecular flexibility index (Phi) is 4.90. The summed E-state index contributed by atoms with van der Waals surface area (Å²) in [6.45, 7) is 6.18. The molecule has 0 bridgehead atoms. The van der Waals surface area contributed by atoms with Crippen molar-refractivity contribution in [2.45, 2.75) is 20.8 Å². The number of carbonyl (C=O) groups is 1. The molecule has 0 saturated heterocycles. The lowest BCUT2D eigenvalue weighted by Crippen LogP contribution is -2.22. The molecule has 32 heavy (non-hydrogen) atoms. The molecule has 0 spiro atoms. The van der Waals surface area contributed by atoms with Crippen molar-refractivity contribution >= 4 is 39.4 Å². The number of hydrogen-bond acceptors (Lipinski definition) is 6. The Morgan fingerprint density at radius 1 is 1.12 bits per heavy atom. The molecule has 5 rings (SSSR count). The van der Waals surface area contributed by atoms with Crippen molar-refractivity contribution in [1.29, 1.82) is 0 Å². The van der Waals surface area contributed by atoms with E-state index in [4.69, 9.17) is 9.15 Å². The SMILES string of the molecule is CCOC(=O)c1ccc(-c2ccc(C=c3sc4nc5cc(C)c(C)cc5n4c3=O)o2)cc1. The van der Waals surface area contributed by atoms with Gasteiger partial charge in [0.2, 0.25) is 0 Å². The number of carbonyl (C=O) groups excluding carboxylic acids is 1. The second-order valence-corrected chi connectivity index (χ2v) is 8.58. The third kappa shape index (κ3) is 3.40. The van der Waals surface area contributed by atoms with Crippen molar-refractivity contribution in [2.24, 2.45) is 0 Å². The lowest BCUT2D eigenvalue weighted by Gasteiger charge is -2.02. The number of hydrogen-bond donors (Lipinski definition) is 0. The summed E-state index contributed by atoms with van der Waals surface area (Å²) in [7, 11) is 0. The Labute approximate surface area is 187 Å². The number of nitrogens with zero attached hydrogens (tertiary/aromatic N) is 2. The van der Waals surface area contributed by atoms with Gasteiger partial charge in [-0.05, 0) is 68.3 Å². The van der Waals surface area contributed by atoms with E-state index in [0.29, 0.717) is 33.2 Å². The maximum atomic E-state index is 13.1. The van der Waals surface area contributed by atoms with Gasteiger partial charge in [0.1, 0.15) is 16.1 Å². The molecule has 0 atom stereocenters. The molecule has 0 saturated carbocycles. The standard InChI is InChI=1S/C25H20N2O4S/c1-4-30-24(29)17-7-5-16(6-8-17)21-10-9-18(31-21)13-22-23(28)27-20-12-15(3)14(2)11-19(20)26-25(27)32-22/h5-13H,4H2,1-3H3. The second-order valence-electron chi connectivity index (χ2n) is 7.57. The highest BCUT2D eigenvalue weighted by molar-refractivity contribution is 7.15. The Bertz CT molecular complexity index is 1590. The average molecular weight is 445 g/mol. The maximum Gasteiger partial charge on any atom is 0.338 e. The molecule has 6 nitrogen and oxygen atoms in total. The van der Waals surface area contributed by atoms with Crippen LogP contribution in [-0.2, 0) is 4.74 Å². The van der Waals surface area contributed by atoms with Gasteiger partial charge in [0.15, 0.2) is 4.96 Å². The van der Waals surface area contributed by atoms with Crippen molar-refractivity contribution < 1.29 is 13.9 Å². The number of ether oxygens (including phenoxy) is 1. The molecule has 7 heteroatoms. The summed E-state index contributed by atoms with van der Waals surface area (Å²) >= 11 is 1.34. The summed E-state index contributed by atoms with van der Waals surface area (Å²) in [6.07, 6.45) is 1.74. The van der Waals surface area contributed by atoms with Crippen LogP contribution in [0, 0.1) is 13.8 Å². The van der Waals surface area contributed by atoms with Gasteiger partial charge in [-0.1, -0.05) is 23.5 Å². The number of rotatable bonds is 4. The summed E-state index contributed by atoms with van der Waals surface area (Å²) in [5.74, 6) is 0.875. The van der Waals surface area contributed by atoms with Crippen LogP contribution in [0.3, 0.4) is 0 Å². The van der Waals surface area contributed by atoms with Crippen LogP contribution in [-0.4, -0.2) is 22.0 Å². The first-order valence-electron chi connectivity index (χ1n) is 10.3. The molecular weight excluding hydrogens is 424 g/mol. The van der Waals surface area contributed by atoms with Gasteiger partial charge in [-0.15, -0.1) is 0 Å². The fourth-order valence-corrected chi connectivity index (χ4v) is 4.59. The van der Waals surface area contributed by atoms with E-state index >= 15 is 0 Å². The molecule has 0 N–H and O–H groups in total. The number of aryl methyl sites for hydroxylation is 2. The molecule has 160 valence electrons. The molecule has 0 aliphatic carbocycles. The van der Waals surface area contributed by atoms with Gasteiger partial charge >= 0.3 is 5.97 Å². The lowest BCUT2D eigenvalue weighted by molar-refractivity contribution is 0.0526. The molecule has 0 radical (unpaired) electrons. The highest BCUT2D eigenvalue weighted by Crippen LogP contribution is 2.24. The minimum Gasteiger partial charge on any atom is -0.462 e. The lowest BCUT2D eigenvalue weighted by atomic mass is 10.1. The number of aromatic nitrogens is 2. The molecule has 0 aliphatic rings. The van der Waals surface area contributed by atoms with Gasteiger partial charge in [0.25, 0.3) is 5.56 Å². The molecule has 3 heterocycles. The fraction of sp³-hybridized carbons (Fsp3) is 0.160. The van der Waals surface area contributed by atoms with Gasteiger partial charge in [0.05, 0.1) is 23.2 Å². The zero-order valence-corrected chi connectivity index (χ0v) is 18.7. The predicted octanol–water partition coefficient (Wildman–Crippen LogP) is 4.51. The normalized spacial score (nSPS) is 12.2. The average Bonchev–Trinajstić information content (AvgIpc) is 3.45. The molecular formula is C25H20N2O4S. The Hall–Kier alpha value is -3.71. The van der Waals surface area contributed by atoms with Crippen LogP contribution in [0.4, 0.5) is 0 Å². The van der Waals surface area contributed by atoms with Crippen LogP contribution in [0.15, 0.2) is 57.7 Å². The Morgan fingerprint density at radius 2 is 1.88 bits per heavy atom. The monoisotopic (exact) mass is 444 g/mol. The molecule has 0 unspecified atom stereocenters. The number of imidazole rings is 1. The second kappa shape index (κ2) is 7.76. The highest BCUT2D eigenvalue weighted by atomic mass is 32.1. The van der Waals surface area contributed by atoms with Crippen molar-refractivity contribution in [1.82, 2.24) is 9.38 Å². The van der Waals surface area contributed by atoms with Gasteiger partial charge < -0.3 is 9.15 Å². The van der Waals surface area contributed by atoms with Crippen molar-refractivity contribution in [2.75, 3.05) is 6.61 Å². The molecule has 5 aromatic rings. The minimum absolute atomic E-state index is 0.104. The summed E-state index contributed by atoms with van der Waals surface area (Å²) in [4.78, 5) is 30.2. The predicted molar refractivity (Wildman–Crippen MR) is 125 cm³/mol. The first-order chi connectivity index (χ1) is 15.4. The van der Waals surface area contributed by atoms with Crippen molar-refractivity contribution in [3.8, 4) is 11.3 Å². The molecule has 0 fully saturated rings. The van der Waals surface area contributed by atoms with Gasteiger partial charge in [-0.2, -0.15) is 0 Å². The smallest absolute Gasteiger partial charge is 0.338 e. The number of benzene rings is 2. The molecule has 3 aromatic heterocycles. The third-order valence-corrected chi connectivity index (χ3v) is 6.40. The van der Waals surface area contributed by atoms with Gasteiger partial charge in [0, 0.05) is 11.6 Å². The Balaban J connectivity index is 1.50. The number of thiazole rings is 1. The van der Waals surface area contributed by atoms with E-state index in [-0.39, 0.29) is 11.5 Å². The largest absolute Gasteiger partial charge is 0.462 e. The number of esters is 1. The van der Waals surface area contributed by atoms with Crippen LogP contribution in [0.5, 0.6) is 0 Å². The van der Waals surface area contributed by atoms with E-state index in [2.05, 4.69) is 4.98 Å².